The van der Waals surface area contributed by atoms with Crippen molar-refractivity contribution in [3.63, 3.8) is 0 Å². The molecule has 0 fully saturated rings. The monoisotopic (exact) mass is 505 g/mol. The minimum Gasteiger partial charge on any atom is -0.495 e. The molecule has 2 aromatic rings. The highest BCUT2D eigenvalue weighted by molar-refractivity contribution is 6.33. The van der Waals surface area contributed by atoms with Crippen LogP contribution in [0.4, 0.5) is 18.9 Å². The third-order valence-corrected chi connectivity index (χ3v) is 5.69. The van der Waals surface area contributed by atoms with Crippen molar-refractivity contribution in [2.24, 2.45) is 5.92 Å². The van der Waals surface area contributed by atoms with Crippen LogP contribution in [0.2, 0.25) is 10.0 Å². The van der Waals surface area contributed by atoms with Gasteiger partial charge < -0.3 is 14.8 Å². The Kier molecular flexibility index (Phi) is 9.43. The molecule has 180 valence electrons. The molecule has 0 aliphatic rings. The van der Waals surface area contributed by atoms with Crippen LogP contribution < -0.4 is 10.1 Å². The average Bonchev–Trinajstić information content (AvgIpc) is 2.75. The van der Waals surface area contributed by atoms with Crippen LogP contribution in [0.25, 0.3) is 0 Å². The van der Waals surface area contributed by atoms with Gasteiger partial charge in [-0.3, -0.25) is 9.59 Å². The molecule has 10 heteroatoms. The van der Waals surface area contributed by atoms with E-state index in [1.165, 1.54) is 37.4 Å². The van der Waals surface area contributed by atoms with E-state index in [9.17, 15) is 22.8 Å². The second kappa shape index (κ2) is 11.6. The molecule has 0 aromatic heterocycles. The number of carbonyl (C=O) groups excluding carboxylic acids is 2. The average molecular weight is 506 g/mol. The molecule has 0 heterocycles. The molecule has 1 N–H and O–H groups in total. The van der Waals surface area contributed by atoms with Gasteiger partial charge in [-0.05, 0) is 48.7 Å². The van der Waals surface area contributed by atoms with E-state index in [-0.39, 0.29) is 46.0 Å². The molecular weight excluding hydrogens is 482 g/mol. The van der Waals surface area contributed by atoms with E-state index in [4.69, 9.17) is 32.7 Å². The number of alkyl halides is 3. The number of hydrogen-bond acceptors (Lipinski definition) is 4. The van der Waals surface area contributed by atoms with Crippen molar-refractivity contribution in [1.82, 2.24) is 0 Å². The van der Waals surface area contributed by atoms with E-state index in [1.54, 1.807) is 13.0 Å². The van der Waals surface area contributed by atoms with Gasteiger partial charge in [-0.25, -0.2) is 0 Å². The van der Waals surface area contributed by atoms with Gasteiger partial charge in [0.15, 0.2) is 0 Å². The summed E-state index contributed by atoms with van der Waals surface area (Å²) in [7, 11) is 1.33. The lowest BCUT2D eigenvalue weighted by Gasteiger charge is -2.26. The quantitative estimate of drug-likeness (QED) is 0.399. The van der Waals surface area contributed by atoms with Crippen molar-refractivity contribution < 1.29 is 32.2 Å². The molecule has 0 aliphatic carbocycles. The number of anilines is 1. The van der Waals surface area contributed by atoms with E-state index in [0.717, 1.165) is 6.92 Å². The Balaban J connectivity index is 2.34. The number of nitrogens with one attached hydrogen (secondary N) is 1. The van der Waals surface area contributed by atoms with Crippen molar-refractivity contribution in [3.05, 3.63) is 57.6 Å². The summed E-state index contributed by atoms with van der Waals surface area (Å²) in [6.45, 7) is 2.89. The molecule has 33 heavy (non-hydrogen) atoms. The van der Waals surface area contributed by atoms with Crippen molar-refractivity contribution in [2.75, 3.05) is 19.0 Å². The van der Waals surface area contributed by atoms with Crippen molar-refractivity contribution in [3.8, 4) is 5.75 Å². The predicted molar refractivity (Wildman–Crippen MR) is 121 cm³/mol. The molecule has 1 amide bonds. The van der Waals surface area contributed by atoms with Gasteiger partial charge in [-0.15, -0.1) is 0 Å². The minimum absolute atomic E-state index is 0.0909. The first-order valence-electron chi connectivity index (χ1n) is 10.1. The highest BCUT2D eigenvalue weighted by Gasteiger charge is 2.45. The third-order valence-electron chi connectivity index (χ3n) is 5.04. The first-order chi connectivity index (χ1) is 15.5. The summed E-state index contributed by atoms with van der Waals surface area (Å²) >= 11 is 12.2. The third kappa shape index (κ3) is 7.27. The summed E-state index contributed by atoms with van der Waals surface area (Å²) in [4.78, 5) is 24.7. The molecule has 2 rings (SSSR count). The fourth-order valence-electron chi connectivity index (χ4n) is 3.24. The zero-order valence-electron chi connectivity index (χ0n) is 18.3. The number of methoxy groups -OCH3 is 1. The summed E-state index contributed by atoms with van der Waals surface area (Å²) < 4.78 is 50.8. The number of amides is 1. The van der Waals surface area contributed by atoms with Crippen molar-refractivity contribution in [2.45, 2.75) is 38.8 Å². The lowest BCUT2D eigenvalue weighted by molar-refractivity contribution is -0.178. The van der Waals surface area contributed by atoms with Gasteiger partial charge >= 0.3 is 12.1 Å². The van der Waals surface area contributed by atoms with Gasteiger partial charge in [-0.1, -0.05) is 42.3 Å². The molecule has 0 bridgehead atoms. The summed E-state index contributed by atoms with van der Waals surface area (Å²) in [5, 5.41) is 2.86. The summed E-state index contributed by atoms with van der Waals surface area (Å²) in [5.41, 5.74) is 0.896. The van der Waals surface area contributed by atoms with Gasteiger partial charge in [-0.2, -0.15) is 13.2 Å². The van der Waals surface area contributed by atoms with Crippen LogP contribution in [0, 0.1) is 5.92 Å². The maximum absolute atomic E-state index is 13.6. The van der Waals surface area contributed by atoms with Crippen LogP contribution in [-0.4, -0.2) is 31.8 Å². The number of rotatable bonds is 9. The molecule has 0 saturated carbocycles. The van der Waals surface area contributed by atoms with Crippen LogP contribution >= 0.6 is 23.2 Å². The normalized spacial score (nSPS) is 13.2. The highest BCUT2D eigenvalue weighted by atomic mass is 35.5. The number of halogens is 5. The largest absolute Gasteiger partial charge is 0.495 e. The minimum atomic E-state index is -4.64. The van der Waals surface area contributed by atoms with Gasteiger partial charge in [0.25, 0.3) is 0 Å². The van der Waals surface area contributed by atoms with E-state index >= 15 is 0 Å². The van der Waals surface area contributed by atoms with Crippen LogP contribution in [0.3, 0.4) is 0 Å². The Morgan fingerprint density at radius 2 is 1.76 bits per heavy atom. The molecule has 0 aliphatic heterocycles. The number of aryl methyl sites for hydroxylation is 1. The van der Waals surface area contributed by atoms with Gasteiger partial charge in [0.05, 0.1) is 41.3 Å². The summed E-state index contributed by atoms with van der Waals surface area (Å²) in [6.07, 6.45) is -4.21. The second-order valence-corrected chi connectivity index (χ2v) is 8.12. The highest BCUT2D eigenvalue weighted by Crippen LogP contribution is 2.40. The number of ether oxygens (including phenoxy) is 2. The lowest BCUT2D eigenvalue weighted by Crippen LogP contribution is -2.34. The van der Waals surface area contributed by atoms with Crippen LogP contribution in [0.1, 0.15) is 37.3 Å². The fraction of sp³-hybridized carbons (Fsp3) is 0.391. The van der Waals surface area contributed by atoms with E-state index in [1.807, 2.05) is 0 Å². The number of hydrogen-bond donors (Lipinski definition) is 1. The van der Waals surface area contributed by atoms with E-state index < -0.39 is 23.9 Å². The van der Waals surface area contributed by atoms with Gasteiger partial charge in [0.1, 0.15) is 5.75 Å². The lowest BCUT2D eigenvalue weighted by atomic mass is 9.85. The molecule has 0 unspecified atom stereocenters. The molecule has 0 saturated heterocycles. The Morgan fingerprint density at radius 3 is 2.36 bits per heavy atom. The molecular formula is C23H24Cl2F3NO4. The maximum Gasteiger partial charge on any atom is 0.392 e. The topological polar surface area (TPSA) is 64.6 Å². The van der Waals surface area contributed by atoms with Crippen LogP contribution in [-0.2, 0) is 20.7 Å². The smallest absolute Gasteiger partial charge is 0.392 e. The predicted octanol–water partition coefficient (Wildman–Crippen LogP) is 6.42. The Labute approximate surface area is 200 Å². The van der Waals surface area contributed by atoms with Crippen molar-refractivity contribution >= 4 is 40.8 Å². The Bertz CT molecular complexity index is 998. The van der Waals surface area contributed by atoms with Crippen molar-refractivity contribution in [1.29, 1.82) is 0 Å². The first kappa shape index (κ1) is 26.8. The SMILES string of the molecule is CCOC(=O)CCc1ccc(Cl)c(NC(=O)[C@H](c2ccc(Cl)c(OC)c2)[C@@H](C)C(F)(F)F)c1. The Morgan fingerprint density at radius 1 is 1.09 bits per heavy atom. The number of benzene rings is 2. The Hall–Kier alpha value is -2.45. The molecule has 5 nitrogen and oxygen atoms in total. The summed E-state index contributed by atoms with van der Waals surface area (Å²) in [5.74, 6) is -4.72. The van der Waals surface area contributed by atoms with E-state index in [0.29, 0.717) is 12.0 Å². The maximum atomic E-state index is 13.6. The molecule has 0 spiro atoms. The zero-order valence-corrected chi connectivity index (χ0v) is 19.8. The standard InChI is InChI=1S/C23H24Cl2F3NO4/c1-4-33-20(30)10-6-14-5-8-16(24)18(11-14)29-22(31)21(13(2)23(26,27)28)15-7-9-17(25)19(12-15)32-3/h5,7-9,11-13,21H,4,6,10H2,1-3H3,(H,29,31)/t13-,21+/m1/s1. The summed E-state index contributed by atoms with van der Waals surface area (Å²) in [6, 6.07) is 8.74. The molecule has 0 radical (unpaired) electrons. The van der Waals surface area contributed by atoms with Gasteiger partial charge in [0.2, 0.25) is 5.91 Å². The van der Waals surface area contributed by atoms with E-state index in [2.05, 4.69) is 5.32 Å². The van der Waals surface area contributed by atoms with Crippen LogP contribution in [0.5, 0.6) is 5.75 Å². The second-order valence-electron chi connectivity index (χ2n) is 7.31. The number of carbonyl (C=O) groups is 2. The zero-order chi connectivity index (χ0) is 24.8. The molecule has 2 atom stereocenters. The van der Waals surface area contributed by atoms with Gasteiger partial charge in [0, 0.05) is 6.42 Å². The fourth-order valence-corrected chi connectivity index (χ4v) is 3.60. The number of esters is 1. The molecule has 2 aromatic carbocycles. The van der Waals surface area contributed by atoms with Crippen LogP contribution in [0.15, 0.2) is 36.4 Å². The first-order valence-corrected chi connectivity index (χ1v) is 10.9.